The van der Waals surface area contributed by atoms with Crippen molar-refractivity contribution in [2.45, 2.75) is 46.7 Å². The standard InChI is InChI=1S/C9H19NOS/c1-6-11-9(12)10(7(2)3)8(4)5/h7-8H,6H2,1-5H3. The summed E-state index contributed by atoms with van der Waals surface area (Å²) >= 11 is 5.13. The van der Waals surface area contributed by atoms with Gasteiger partial charge in [0, 0.05) is 12.1 Å². The molecule has 2 nitrogen and oxygen atoms in total. The summed E-state index contributed by atoms with van der Waals surface area (Å²) in [5.41, 5.74) is 0. The molecule has 0 saturated carbocycles. The van der Waals surface area contributed by atoms with Crippen LogP contribution in [0, 0.1) is 0 Å². The van der Waals surface area contributed by atoms with Crippen molar-refractivity contribution in [3.63, 3.8) is 0 Å². The third-order valence-electron chi connectivity index (χ3n) is 1.59. The van der Waals surface area contributed by atoms with Gasteiger partial charge in [-0.15, -0.1) is 0 Å². The van der Waals surface area contributed by atoms with Gasteiger partial charge in [-0.05, 0) is 46.8 Å². The van der Waals surface area contributed by atoms with E-state index in [0.717, 1.165) is 0 Å². The molecule has 0 saturated heterocycles. The van der Waals surface area contributed by atoms with Gasteiger partial charge in [0.2, 0.25) is 0 Å². The van der Waals surface area contributed by atoms with E-state index in [4.69, 9.17) is 17.0 Å². The van der Waals surface area contributed by atoms with E-state index in [1.807, 2.05) is 6.92 Å². The Morgan fingerprint density at radius 3 is 1.92 bits per heavy atom. The maximum absolute atomic E-state index is 5.28. The van der Waals surface area contributed by atoms with Gasteiger partial charge in [-0.2, -0.15) is 0 Å². The molecule has 72 valence electrons. The quantitative estimate of drug-likeness (QED) is 0.633. The smallest absolute Gasteiger partial charge is 0.259 e. The second-order valence-electron chi connectivity index (χ2n) is 3.29. The molecule has 12 heavy (non-hydrogen) atoms. The fourth-order valence-electron chi connectivity index (χ4n) is 1.22. The summed E-state index contributed by atoms with van der Waals surface area (Å²) in [7, 11) is 0. The highest BCUT2D eigenvalue weighted by Crippen LogP contribution is 2.07. The summed E-state index contributed by atoms with van der Waals surface area (Å²) in [5, 5.41) is 0.613. The van der Waals surface area contributed by atoms with Crippen molar-refractivity contribution in [3.8, 4) is 0 Å². The Morgan fingerprint density at radius 1 is 1.25 bits per heavy atom. The SMILES string of the molecule is CCOC(=S)N(C(C)C)C(C)C. The van der Waals surface area contributed by atoms with Crippen molar-refractivity contribution >= 4 is 17.4 Å². The maximum atomic E-state index is 5.28. The second-order valence-corrected chi connectivity index (χ2v) is 3.64. The minimum atomic E-state index is 0.407. The van der Waals surface area contributed by atoms with Crippen LogP contribution in [0.4, 0.5) is 0 Å². The van der Waals surface area contributed by atoms with Crippen molar-refractivity contribution in [2.75, 3.05) is 6.61 Å². The van der Waals surface area contributed by atoms with Gasteiger partial charge in [-0.25, -0.2) is 0 Å². The topological polar surface area (TPSA) is 12.5 Å². The monoisotopic (exact) mass is 189 g/mol. The van der Waals surface area contributed by atoms with Crippen LogP contribution in [0.25, 0.3) is 0 Å². The minimum Gasteiger partial charge on any atom is -0.471 e. The lowest BCUT2D eigenvalue weighted by molar-refractivity contribution is 0.203. The largest absolute Gasteiger partial charge is 0.471 e. The highest BCUT2D eigenvalue weighted by Gasteiger charge is 2.16. The number of hydrogen-bond donors (Lipinski definition) is 0. The predicted molar refractivity (Wildman–Crippen MR) is 56.3 cm³/mol. The Morgan fingerprint density at radius 2 is 1.67 bits per heavy atom. The molecule has 0 aromatic heterocycles. The van der Waals surface area contributed by atoms with E-state index < -0.39 is 0 Å². The van der Waals surface area contributed by atoms with Crippen LogP contribution in [0.1, 0.15) is 34.6 Å². The summed E-state index contributed by atoms with van der Waals surface area (Å²) in [6.45, 7) is 11.1. The molecule has 0 spiro atoms. The molecule has 0 heterocycles. The molecule has 0 N–H and O–H groups in total. The first kappa shape index (κ1) is 11.7. The third-order valence-corrected chi connectivity index (χ3v) is 1.92. The lowest BCUT2D eigenvalue weighted by atomic mass is 10.2. The average Bonchev–Trinajstić information content (AvgIpc) is 1.85. The van der Waals surface area contributed by atoms with Gasteiger partial charge in [0.1, 0.15) is 0 Å². The highest BCUT2D eigenvalue weighted by molar-refractivity contribution is 7.80. The first-order chi connectivity index (χ1) is 5.50. The van der Waals surface area contributed by atoms with Gasteiger partial charge < -0.3 is 9.64 Å². The number of nitrogens with zero attached hydrogens (tertiary/aromatic N) is 1. The van der Waals surface area contributed by atoms with Crippen LogP contribution in [-0.2, 0) is 4.74 Å². The Balaban J connectivity index is 4.20. The normalized spacial score (nSPS) is 10.6. The first-order valence-corrected chi connectivity index (χ1v) is 4.86. The molecule has 0 amide bonds. The van der Waals surface area contributed by atoms with Crippen molar-refractivity contribution < 1.29 is 4.74 Å². The molecule has 0 radical (unpaired) electrons. The van der Waals surface area contributed by atoms with E-state index in [-0.39, 0.29) is 0 Å². The summed E-state index contributed by atoms with van der Waals surface area (Å²) in [5.74, 6) is 0. The molecule has 3 heteroatoms. The second kappa shape index (κ2) is 5.36. The Kier molecular flexibility index (Phi) is 5.22. The first-order valence-electron chi connectivity index (χ1n) is 4.45. The van der Waals surface area contributed by atoms with Crippen molar-refractivity contribution in [2.24, 2.45) is 0 Å². The lowest BCUT2D eigenvalue weighted by Crippen LogP contribution is -2.42. The van der Waals surface area contributed by atoms with Crippen molar-refractivity contribution in [1.29, 1.82) is 0 Å². The fourth-order valence-corrected chi connectivity index (χ4v) is 1.76. The molecule has 0 aliphatic carbocycles. The molecular formula is C9H19NOS. The molecule has 0 aliphatic rings. The lowest BCUT2D eigenvalue weighted by Gasteiger charge is -2.32. The van der Waals surface area contributed by atoms with Crippen molar-refractivity contribution in [3.05, 3.63) is 0 Å². The molecule has 0 rings (SSSR count). The maximum Gasteiger partial charge on any atom is 0.259 e. The van der Waals surface area contributed by atoms with Gasteiger partial charge >= 0.3 is 0 Å². The molecule has 0 aliphatic heterocycles. The molecule has 0 bridgehead atoms. The van der Waals surface area contributed by atoms with E-state index >= 15 is 0 Å². The number of hydrogen-bond acceptors (Lipinski definition) is 2. The van der Waals surface area contributed by atoms with Crippen LogP contribution < -0.4 is 0 Å². The van der Waals surface area contributed by atoms with Gasteiger partial charge in [-0.3, -0.25) is 0 Å². The minimum absolute atomic E-state index is 0.407. The summed E-state index contributed by atoms with van der Waals surface area (Å²) in [6.07, 6.45) is 0. The van der Waals surface area contributed by atoms with Crippen LogP contribution in [0.2, 0.25) is 0 Å². The van der Waals surface area contributed by atoms with Crippen LogP contribution in [0.5, 0.6) is 0 Å². The third kappa shape index (κ3) is 3.39. The van der Waals surface area contributed by atoms with E-state index in [9.17, 15) is 0 Å². The average molecular weight is 189 g/mol. The summed E-state index contributed by atoms with van der Waals surface area (Å²) < 4.78 is 5.28. The predicted octanol–water partition coefficient (Wildman–Crippen LogP) is 2.43. The van der Waals surface area contributed by atoms with Crippen LogP contribution in [0.15, 0.2) is 0 Å². The van der Waals surface area contributed by atoms with Crippen LogP contribution in [0.3, 0.4) is 0 Å². The summed E-state index contributed by atoms with van der Waals surface area (Å²) in [6, 6.07) is 0.813. The molecule has 0 aromatic rings. The fraction of sp³-hybridized carbons (Fsp3) is 0.889. The Bertz CT molecular complexity index is 137. The molecule has 0 unspecified atom stereocenters. The number of ether oxygens (including phenoxy) is 1. The van der Waals surface area contributed by atoms with E-state index in [2.05, 4.69) is 32.6 Å². The number of rotatable bonds is 3. The molecular weight excluding hydrogens is 170 g/mol. The summed E-state index contributed by atoms with van der Waals surface area (Å²) in [4.78, 5) is 2.10. The van der Waals surface area contributed by atoms with E-state index in [0.29, 0.717) is 23.9 Å². The zero-order valence-corrected chi connectivity index (χ0v) is 9.44. The van der Waals surface area contributed by atoms with Crippen LogP contribution >= 0.6 is 12.2 Å². The zero-order valence-electron chi connectivity index (χ0n) is 8.63. The van der Waals surface area contributed by atoms with E-state index in [1.165, 1.54) is 0 Å². The zero-order chi connectivity index (χ0) is 9.72. The number of thiocarbonyl (C=S) groups is 1. The van der Waals surface area contributed by atoms with Gasteiger partial charge in [0.15, 0.2) is 0 Å². The van der Waals surface area contributed by atoms with E-state index in [1.54, 1.807) is 0 Å². The molecule has 0 atom stereocenters. The Hall–Kier alpha value is -0.310. The molecule has 0 aromatic carbocycles. The Labute approximate surface area is 80.9 Å². The van der Waals surface area contributed by atoms with Gasteiger partial charge in [0.25, 0.3) is 5.17 Å². The van der Waals surface area contributed by atoms with Crippen molar-refractivity contribution in [1.82, 2.24) is 4.90 Å². The molecule has 0 fully saturated rings. The van der Waals surface area contributed by atoms with Crippen LogP contribution in [-0.4, -0.2) is 28.8 Å². The highest BCUT2D eigenvalue weighted by atomic mass is 32.1. The van der Waals surface area contributed by atoms with Gasteiger partial charge in [0.05, 0.1) is 6.61 Å². The van der Waals surface area contributed by atoms with Gasteiger partial charge in [-0.1, -0.05) is 0 Å².